The Morgan fingerprint density at radius 3 is 2.92 bits per heavy atom. The number of amides is 1. The van der Waals surface area contributed by atoms with Crippen molar-refractivity contribution in [2.45, 2.75) is 32.2 Å². The minimum absolute atomic E-state index is 0.00258. The average Bonchev–Trinajstić information content (AvgIpc) is 3.10. The number of carbonyl (C=O) groups is 1. The maximum Gasteiger partial charge on any atom is 0.260 e. The Hall–Kier alpha value is -2.08. The van der Waals surface area contributed by atoms with Crippen molar-refractivity contribution in [1.29, 1.82) is 0 Å². The SMILES string of the molecule is CCn1cnnc1C1CCCN(C(=O)COc2ccc(Cl)cc2)C1. The van der Waals surface area contributed by atoms with E-state index in [1.165, 1.54) is 0 Å². The molecule has 7 heteroatoms. The van der Waals surface area contributed by atoms with Crippen molar-refractivity contribution >= 4 is 17.5 Å². The molecule has 0 saturated carbocycles. The number of carbonyl (C=O) groups excluding carboxylic acids is 1. The van der Waals surface area contributed by atoms with Crippen molar-refractivity contribution in [2.24, 2.45) is 0 Å². The Bertz CT molecular complexity index is 686. The first-order chi connectivity index (χ1) is 11.7. The highest BCUT2D eigenvalue weighted by molar-refractivity contribution is 6.30. The Morgan fingerprint density at radius 1 is 1.38 bits per heavy atom. The molecule has 1 atom stereocenters. The zero-order chi connectivity index (χ0) is 16.9. The maximum atomic E-state index is 12.4. The van der Waals surface area contributed by atoms with Gasteiger partial charge in [0.25, 0.3) is 5.91 Å². The number of ether oxygens (including phenoxy) is 1. The van der Waals surface area contributed by atoms with Gasteiger partial charge in [-0.25, -0.2) is 0 Å². The summed E-state index contributed by atoms with van der Waals surface area (Å²) in [5.74, 6) is 1.85. The Morgan fingerprint density at radius 2 is 2.17 bits per heavy atom. The first-order valence-corrected chi connectivity index (χ1v) is 8.59. The number of benzene rings is 1. The zero-order valence-electron chi connectivity index (χ0n) is 13.7. The van der Waals surface area contributed by atoms with Gasteiger partial charge in [0.2, 0.25) is 0 Å². The van der Waals surface area contributed by atoms with Gasteiger partial charge in [-0.3, -0.25) is 4.79 Å². The predicted octanol–water partition coefficient (Wildman–Crippen LogP) is 2.74. The fourth-order valence-electron chi connectivity index (χ4n) is 3.01. The third-order valence-corrected chi connectivity index (χ3v) is 4.55. The molecule has 0 N–H and O–H groups in total. The van der Waals surface area contributed by atoms with Crippen molar-refractivity contribution in [2.75, 3.05) is 19.7 Å². The molecule has 24 heavy (non-hydrogen) atoms. The monoisotopic (exact) mass is 348 g/mol. The number of likely N-dealkylation sites (tertiary alicyclic amines) is 1. The number of nitrogens with zero attached hydrogens (tertiary/aromatic N) is 4. The van der Waals surface area contributed by atoms with E-state index in [-0.39, 0.29) is 18.4 Å². The fraction of sp³-hybridized carbons (Fsp3) is 0.471. The molecule has 0 aliphatic carbocycles. The topological polar surface area (TPSA) is 60.2 Å². The number of hydrogen-bond donors (Lipinski definition) is 0. The molecule has 1 amide bonds. The lowest BCUT2D eigenvalue weighted by atomic mass is 9.97. The molecular weight excluding hydrogens is 328 g/mol. The van der Waals surface area contributed by atoms with Gasteiger partial charge in [0.05, 0.1) is 0 Å². The summed E-state index contributed by atoms with van der Waals surface area (Å²) in [6.07, 6.45) is 3.74. The molecule has 0 spiro atoms. The summed E-state index contributed by atoms with van der Waals surface area (Å²) >= 11 is 5.84. The van der Waals surface area contributed by atoms with Crippen LogP contribution in [-0.4, -0.2) is 45.3 Å². The summed E-state index contributed by atoms with van der Waals surface area (Å²) < 4.78 is 7.61. The lowest BCUT2D eigenvalue weighted by molar-refractivity contribution is -0.134. The van der Waals surface area contributed by atoms with Gasteiger partial charge < -0.3 is 14.2 Å². The molecule has 1 aliphatic rings. The van der Waals surface area contributed by atoms with E-state index in [1.807, 2.05) is 9.47 Å². The fourth-order valence-corrected chi connectivity index (χ4v) is 3.13. The van der Waals surface area contributed by atoms with E-state index in [9.17, 15) is 4.79 Å². The van der Waals surface area contributed by atoms with Crippen LogP contribution in [0.15, 0.2) is 30.6 Å². The largest absolute Gasteiger partial charge is 0.484 e. The van der Waals surface area contributed by atoms with Crippen LogP contribution in [0.3, 0.4) is 0 Å². The molecule has 6 nitrogen and oxygen atoms in total. The summed E-state index contributed by atoms with van der Waals surface area (Å²) in [7, 11) is 0. The summed E-state index contributed by atoms with van der Waals surface area (Å²) in [5, 5.41) is 8.88. The third kappa shape index (κ3) is 3.87. The summed E-state index contributed by atoms with van der Waals surface area (Å²) in [5.41, 5.74) is 0. The number of aromatic nitrogens is 3. The second-order valence-corrected chi connectivity index (χ2v) is 6.33. The molecular formula is C17H21ClN4O2. The zero-order valence-corrected chi connectivity index (χ0v) is 14.4. The van der Waals surface area contributed by atoms with Gasteiger partial charge in [-0.15, -0.1) is 10.2 Å². The lowest BCUT2D eigenvalue weighted by Crippen LogP contribution is -2.42. The number of piperidine rings is 1. The Kier molecular flexibility index (Phi) is 5.35. The lowest BCUT2D eigenvalue weighted by Gasteiger charge is -2.32. The summed E-state index contributed by atoms with van der Waals surface area (Å²) in [6, 6.07) is 7.02. The quantitative estimate of drug-likeness (QED) is 0.833. The highest BCUT2D eigenvalue weighted by atomic mass is 35.5. The molecule has 128 valence electrons. The average molecular weight is 349 g/mol. The van der Waals surface area contributed by atoms with Crippen molar-refractivity contribution in [3.05, 3.63) is 41.4 Å². The van der Waals surface area contributed by atoms with Crippen LogP contribution in [0.2, 0.25) is 5.02 Å². The molecule has 1 unspecified atom stereocenters. The third-order valence-electron chi connectivity index (χ3n) is 4.30. The van der Waals surface area contributed by atoms with Crippen LogP contribution in [0.25, 0.3) is 0 Å². The molecule has 0 bridgehead atoms. The van der Waals surface area contributed by atoms with E-state index < -0.39 is 0 Å². The highest BCUT2D eigenvalue weighted by Crippen LogP contribution is 2.25. The molecule has 1 fully saturated rings. The second-order valence-electron chi connectivity index (χ2n) is 5.90. The van der Waals surface area contributed by atoms with Gasteiger partial charge in [-0.2, -0.15) is 0 Å². The number of aryl methyl sites for hydroxylation is 1. The molecule has 1 saturated heterocycles. The molecule has 3 rings (SSSR count). The van der Waals surface area contributed by atoms with Gasteiger partial charge in [0.1, 0.15) is 17.9 Å². The van der Waals surface area contributed by atoms with Crippen molar-refractivity contribution in [3.8, 4) is 5.75 Å². The van der Waals surface area contributed by atoms with E-state index in [0.29, 0.717) is 17.3 Å². The van der Waals surface area contributed by atoms with Crippen LogP contribution in [0.1, 0.15) is 31.5 Å². The van der Waals surface area contributed by atoms with Crippen molar-refractivity contribution in [3.63, 3.8) is 0 Å². The Labute approximate surface area is 146 Å². The van der Waals surface area contributed by atoms with E-state index in [0.717, 1.165) is 31.8 Å². The van der Waals surface area contributed by atoms with Crippen LogP contribution in [0.5, 0.6) is 5.75 Å². The molecule has 2 aromatic rings. The molecule has 0 radical (unpaired) electrons. The highest BCUT2D eigenvalue weighted by Gasteiger charge is 2.27. The van der Waals surface area contributed by atoms with Gasteiger partial charge in [-0.1, -0.05) is 11.6 Å². The van der Waals surface area contributed by atoms with Gasteiger partial charge >= 0.3 is 0 Å². The first kappa shape index (κ1) is 16.8. The minimum atomic E-state index is -0.00258. The first-order valence-electron chi connectivity index (χ1n) is 8.21. The van der Waals surface area contributed by atoms with Crippen molar-refractivity contribution in [1.82, 2.24) is 19.7 Å². The minimum Gasteiger partial charge on any atom is -0.484 e. The summed E-state index contributed by atoms with van der Waals surface area (Å²) in [4.78, 5) is 14.3. The van der Waals surface area contributed by atoms with E-state index in [1.54, 1.807) is 30.6 Å². The van der Waals surface area contributed by atoms with Crippen molar-refractivity contribution < 1.29 is 9.53 Å². The second kappa shape index (κ2) is 7.66. The number of halogens is 1. The summed E-state index contributed by atoms with van der Waals surface area (Å²) in [6.45, 7) is 4.38. The van der Waals surface area contributed by atoms with Crippen LogP contribution >= 0.6 is 11.6 Å². The molecule has 1 aliphatic heterocycles. The molecule has 2 heterocycles. The van der Waals surface area contributed by atoms with Gasteiger partial charge in [0, 0.05) is 30.6 Å². The van der Waals surface area contributed by atoms with Crippen LogP contribution in [0, 0.1) is 0 Å². The van der Waals surface area contributed by atoms with E-state index in [4.69, 9.17) is 16.3 Å². The molecule has 1 aromatic heterocycles. The van der Waals surface area contributed by atoms with Crippen LogP contribution in [-0.2, 0) is 11.3 Å². The van der Waals surface area contributed by atoms with Gasteiger partial charge in [-0.05, 0) is 44.0 Å². The predicted molar refractivity (Wildman–Crippen MR) is 91.2 cm³/mol. The van der Waals surface area contributed by atoms with Crippen LogP contribution in [0.4, 0.5) is 0 Å². The maximum absolute atomic E-state index is 12.4. The van der Waals surface area contributed by atoms with Crippen LogP contribution < -0.4 is 4.74 Å². The standard InChI is InChI=1S/C17H21ClN4O2/c1-2-21-12-19-20-17(21)13-4-3-9-22(10-13)16(23)11-24-15-7-5-14(18)6-8-15/h5-8,12-13H,2-4,9-11H2,1H3. The smallest absolute Gasteiger partial charge is 0.260 e. The van der Waals surface area contributed by atoms with Gasteiger partial charge in [0.15, 0.2) is 6.61 Å². The molecule has 1 aromatic carbocycles. The van der Waals surface area contributed by atoms with E-state index >= 15 is 0 Å². The van der Waals surface area contributed by atoms with E-state index in [2.05, 4.69) is 17.1 Å². The normalized spacial score (nSPS) is 17.8. The Balaban J connectivity index is 1.58. The number of rotatable bonds is 5. The number of hydrogen-bond acceptors (Lipinski definition) is 4.